The lowest BCUT2D eigenvalue weighted by Gasteiger charge is -2.28. The minimum Gasteiger partial charge on any atom is -0.480 e. The molecule has 32 heavy (non-hydrogen) atoms. The Morgan fingerprint density at radius 1 is 1.06 bits per heavy atom. The highest BCUT2D eigenvalue weighted by Crippen LogP contribution is 2.12. The average Bonchev–Trinajstić information content (AvgIpc) is 3.28. The highest BCUT2D eigenvalue weighted by molar-refractivity contribution is 5.94. The lowest BCUT2D eigenvalue weighted by Crippen LogP contribution is -2.59. The summed E-state index contributed by atoms with van der Waals surface area (Å²) < 4.78 is 0. The van der Waals surface area contributed by atoms with E-state index in [9.17, 15) is 29.4 Å². The van der Waals surface area contributed by atoms with E-state index in [0.717, 1.165) is 13.0 Å². The molecule has 1 aliphatic heterocycles. The van der Waals surface area contributed by atoms with E-state index in [1.807, 2.05) is 13.8 Å². The number of amides is 3. The van der Waals surface area contributed by atoms with Gasteiger partial charge in [0.2, 0.25) is 17.7 Å². The Hall–Kier alpha value is -2.24. The van der Waals surface area contributed by atoms with E-state index in [-0.39, 0.29) is 24.3 Å². The zero-order valence-electron chi connectivity index (χ0n) is 19.2. The molecule has 0 aromatic carbocycles. The molecule has 1 saturated heterocycles. The van der Waals surface area contributed by atoms with Crippen LogP contribution in [0, 0.1) is 5.92 Å². The summed E-state index contributed by atoms with van der Waals surface area (Å²) in [6, 6.07) is -3.72. The van der Waals surface area contributed by atoms with Gasteiger partial charge in [-0.3, -0.25) is 14.4 Å². The molecule has 0 saturated carbocycles. The number of hydrogen-bond acceptors (Lipinski definition) is 7. The fraction of sp³-hybridized carbons (Fsp3) is 0.810. The number of carboxylic acid groups (broad SMARTS) is 1. The second kappa shape index (κ2) is 14.0. The summed E-state index contributed by atoms with van der Waals surface area (Å²) >= 11 is 0. The number of carboxylic acids is 1. The number of carbonyl (C=O) groups excluding carboxylic acids is 3. The van der Waals surface area contributed by atoms with Crippen molar-refractivity contribution in [1.82, 2.24) is 21.3 Å². The first-order valence-electron chi connectivity index (χ1n) is 11.4. The van der Waals surface area contributed by atoms with E-state index >= 15 is 0 Å². The molecule has 0 radical (unpaired) electrons. The van der Waals surface area contributed by atoms with Gasteiger partial charge in [0.25, 0.3) is 0 Å². The maximum Gasteiger partial charge on any atom is 0.328 e. The third-order valence-corrected chi connectivity index (χ3v) is 5.80. The first kappa shape index (κ1) is 27.8. The Morgan fingerprint density at radius 2 is 1.75 bits per heavy atom. The summed E-state index contributed by atoms with van der Waals surface area (Å²) in [4.78, 5) is 49.7. The molecule has 0 bridgehead atoms. The number of unbranched alkanes of at least 4 members (excludes halogenated alkanes) is 1. The molecule has 0 aromatic rings. The third-order valence-electron chi connectivity index (χ3n) is 5.80. The largest absolute Gasteiger partial charge is 0.480 e. The normalized spacial score (nSPS) is 20.5. The number of aliphatic hydroxyl groups is 1. The minimum absolute atomic E-state index is 0.183. The monoisotopic (exact) mass is 457 g/mol. The standard InChI is InChI=1S/C21H39N5O6/c1-4-12(2)16(25-18(28)14-9-7-11-23-14)20(30)24-15(8-5-6-10-22)19(29)26-17(13(3)27)21(31)32/h12-17,23,27H,4-11,22H2,1-3H3,(H,24,30)(H,25,28)(H,26,29)(H,31,32). The van der Waals surface area contributed by atoms with Gasteiger partial charge in [-0.2, -0.15) is 0 Å². The SMILES string of the molecule is CCC(C)C(NC(=O)C1CCCN1)C(=O)NC(CCCCN)C(=O)NC(C(=O)O)C(C)O. The molecule has 1 fully saturated rings. The van der Waals surface area contributed by atoms with Crippen LogP contribution in [0.15, 0.2) is 0 Å². The van der Waals surface area contributed by atoms with Crippen LogP contribution >= 0.6 is 0 Å². The number of carbonyl (C=O) groups is 4. The Labute approximate surface area is 189 Å². The summed E-state index contributed by atoms with van der Waals surface area (Å²) in [5.74, 6) is -3.04. The van der Waals surface area contributed by atoms with Crippen molar-refractivity contribution < 1.29 is 29.4 Å². The van der Waals surface area contributed by atoms with Crippen molar-refractivity contribution in [3.05, 3.63) is 0 Å². The molecule has 11 nitrogen and oxygen atoms in total. The van der Waals surface area contributed by atoms with Gasteiger partial charge in [0.15, 0.2) is 6.04 Å². The molecule has 0 aromatic heterocycles. The lowest BCUT2D eigenvalue weighted by atomic mass is 9.97. The molecule has 1 heterocycles. The summed E-state index contributed by atoms with van der Waals surface area (Å²) in [6.07, 6.45) is 2.29. The average molecular weight is 458 g/mol. The maximum absolute atomic E-state index is 13.1. The second-order valence-corrected chi connectivity index (χ2v) is 8.43. The fourth-order valence-corrected chi connectivity index (χ4v) is 3.53. The van der Waals surface area contributed by atoms with E-state index in [4.69, 9.17) is 5.73 Å². The van der Waals surface area contributed by atoms with Crippen LogP contribution in [0.3, 0.4) is 0 Å². The van der Waals surface area contributed by atoms with Gasteiger partial charge < -0.3 is 37.2 Å². The molecular formula is C21H39N5O6. The number of aliphatic carboxylic acids is 1. The van der Waals surface area contributed by atoms with Crippen molar-refractivity contribution in [1.29, 1.82) is 0 Å². The topological polar surface area (TPSA) is 183 Å². The quantitative estimate of drug-likeness (QED) is 0.159. The predicted octanol–water partition coefficient (Wildman–Crippen LogP) is -1.17. The van der Waals surface area contributed by atoms with Gasteiger partial charge in [0.1, 0.15) is 12.1 Å². The first-order valence-corrected chi connectivity index (χ1v) is 11.4. The number of nitrogens with one attached hydrogen (secondary N) is 4. The Bertz CT molecular complexity index is 638. The summed E-state index contributed by atoms with van der Waals surface area (Å²) in [5.41, 5.74) is 5.52. The minimum atomic E-state index is -1.50. The first-order chi connectivity index (χ1) is 15.1. The highest BCUT2D eigenvalue weighted by Gasteiger charge is 2.34. The van der Waals surface area contributed by atoms with Gasteiger partial charge in [-0.05, 0) is 58.0 Å². The fourth-order valence-electron chi connectivity index (χ4n) is 3.53. The third kappa shape index (κ3) is 8.71. The van der Waals surface area contributed by atoms with Crippen molar-refractivity contribution in [2.75, 3.05) is 13.1 Å². The molecule has 1 aliphatic rings. The van der Waals surface area contributed by atoms with E-state index in [0.29, 0.717) is 32.2 Å². The van der Waals surface area contributed by atoms with Crippen molar-refractivity contribution in [2.24, 2.45) is 11.7 Å². The highest BCUT2D eigenvalue weighted by atomic mass is 16.4. The van der Waals surface area contributed by atoms with Crippen molar-refractivity contribution in [3.63, 3.8) is 0 Å². The van der Waals surface area contributed by atoms with Gasteiger partial charge in [0, 0.05) is 0 Å². The molecule has 11 heteroatoms. The molecule has 8 N–H and O–H groups in total. The number of aliphatic hydroxyl groups excluding tert-OH is 1. The van der Waals surface area contributed by atoms with Gasteiger partial charge >= 0.3 is 5.97 Å². The zero-order chi connectivity index (χ0) is 24.3. The van der Waals surface area contributed by atoms with Crippen LogP contribution in [0.25, 0.3) is 0 Å². The van der Waals surface area contributed by atoms with Crippen molar-refractivity contribution in [2.45, 2.75) is 89.6 Å². The van der Waals surface area contributed by atoms with Crippen LogP contribution in [0.4, 0.5) is 0 Å². The van der Waals surface area contributed by atoms with Gasteiger partial charge in [-0.15, -0.1) is 0 Å². The molecule has 6 atom stereocenters. The molecule has 3 amide bonds. The Balaban J connectivity index is 2.94. The van der Waals surface area contributed by atoms with E-state index < -0.39 is 42.0 Å². The Morgan fingerprint density at radius 3 is 2.25 bits per heavy atom. The molecule has 0 aliphatic carbocycles. The van der Waals surface area contributed by atoms with E-state index in [2.05, 4.69) is 21.3 Å². The van der Waals surface area contributed by atoms with Crippen molar-refractivity contribution >= 4 is 23.7 Å². The van der Waals surface area contributed by atoms with Crippen LogP contribution in [0.5, 0.6) is 0 Å². The van der Waals surface area contributed by atoms with E-state index in [1.54, 1.807) is 0 Å². The lowest BCUT2D eigenvalue weighted by molar-refractivity contribution is -0.145. The van der Waals surface area contributed by atoms with Gasteiger partial charge in [0.05, 0.1) is 12.1 Å². The van der Waals surface area contributed by atoms with Crippen LogP contribution in [0.1, 0.15) is 59.3 Å². The summed E-state index contributed by atoms with van der Waals surface area (Å²) in [6.45, 7) is 6.15. The number of nitrogens with two attached hydrogens (primary N) is 1. The number of hydrogen-bond donors (Lipinski definition) is 7. The summed E-state index contributed by atoms with van der Waals surface area (Å²) in [7, 11) is 0. The predicted molar refractivity (Wildman–Crippen MR) is 118 cm³/mol. The molecule has 1 rings (SSSR count). The van der Waals surface area contributed by atoms with Crippen LogP contribution in [-0.4, -0.2) is 77.3 Å². The molecule has 6 unspecified atom stereocenters. The van der Waals surface area contributed by atoms with E-state index in [1.165, 1.54) is 6.92 Å². The molecular weight excluding hydrogens is 418 g/mol. The van der Waals surface area contributed by atoms with Crippen LogP contribution < -0.4 is 27.0 Å². The summed E-state index contributed by atoms with van der Waals surface area (Å²) in [5, 5.41) is 29.7. The zero-order valence-corrected chi connectivity index (χ0v) is 19.2. The Kier molecular flexibility index (Phi) is 12.2. The van der Waals surface area contributed by atoms with Crippen LogP contribution in [-0.2, 0) is 19.2 Å². The molecule has 0 spiro atoms. The van der Waals surface area contributed by atoms with Crippen LogP contribution in [0.2, 0.25) is 0 Å². The molecule has 184 valence electrons. The van der Waals surface area contributed by atoms with Crippen molar-refractivity contribution in [3.8, 4) is 0 Å². The second-order valence-electron chi connectivity index (χ2n) is 8.43. The van der Waals surface area contributed by atoms with Gasteiger partial charge in [-0.25, -0.2) is 4.79 Å². The van der Waals surface area contributed by atoms with Gasteiger partial charge in [-0.1, -0.05) is 20.3 Å². The maximum atomic E-state index is 13.1. The number of rotatable bonds is 14. The smallest absolute Gasteiger partial charge is 0.328 e.